The molecule has 14 nitrogen and oxygen atoms in total. The number of hydrogen-bond donors (Lipinski definition) is 8. The number of rotatable bonds is 18. The van der Waals surface area contributed by atoms with Crippen molar-refractivity contribution >= 4 is 47.4 Å². The molecular formula is C24H37N7O7S. The Morgan fingerprint density at radius 2 is 1.49 bits per heavy atom. The van der Waals surface area contributed by atoms with E-state index in [4.69, 9.17) is 17.2 Å². The molecule has 0 bridgehead atoms. The molecule has 4 unspecified atom stereocenters. The smallest absolute Gasteiger partial charge is 0.326 e. The van der Waals surface area contributed by atoms with Crippen LogP contribution in [0, 0.1) is 0 Å². The first kappa shape index (κ1) is 33.2. The lowest BCUT2D eigenvalue weighted by Gasteiger charge is -2.25. The molecule has 0 aliphatic heterocycles. The van der Waals surface area contributed by atoms with Gasteiger partial charge in [-0.1, -0.05) is 30.3 Å². The normalized spacial score (nSPS) is 13.7. The molecule has 15 heteroatoms. The molecule has 3 amide bonds. The Hall–Kier alpha value is -3.85. The van der Waals surface area contributed by atoms with Gasteiger partial charge in [0.2, 0.25) is 17.7 Å². The molecule has 0 saturated carbocycles. The van der Waals surface area contributed by atoms with Crippen molar-refractivity contribution < 1.29 is 34.2 Å². The van der Waals surface area contributed by atoms with Gasteiger partial charge in [0.1, 0.15) is 18.1 Å². The average Bonchev–Trinajstić information content (AvgIpc) is 2.87. The molecule has 0 aromatic heterocycles. The van der Waals surface area contributed by atoms with Crippen LogP contribution in [0.25, 0.3) is 0 Å². The van der Waals surface area contributed by atoms with Gasteiger partial charge in [-0.05, 0) is 36.8 Å². The van der Waals surface area contributed by atoms with Crippen LogP contribution >= 0.6 is 11.8 Å². The number of nitrogens with zero attached hydrogens (tertiary/aromatic N) is 1. The minimum atomic E-state index is -1.54. The summed E-state index contributed by atoms with van der Waals surface area (Å²) in [6, 6.07) is 3.60. The zero-order valence-electron chi connectivity index (χ0n) is 21.7. The highest BCUT2D eigenvalue weighted by Gasteiger charge is 2.31. The fourth-order valence-corrected chi connectivity index (χ4v) is 3.88. The first-order valence-electron chi connectivity index (χ1n) is 12.1. The molecule has 0 spiro atoms. The number of benzene rings is 1. The van der Waals surface area contributed by atoms with Gasteiger partial charge in [0.05, 0.1) is 12.5 Å². The summed E-state index contributed by atoms with van der Waals surface area (Å²) in [5.41, 5.74) is 17.0. The van der Waals surface area contributed by atoms with Crippen molar-refractivity contribution in [3.63, 3.8) is 0 Å². The van der Waals surface area contributed by atoms with Crippen LogP contribution in [0.2, 0.25) is 0 Å². The summed E-state index contributed by atoms with van der Waals surface area (Å²) in [7, 11) is 0. The topological polar surface area (TPSA) is 252 Å². The summed E-state index contributed by atoms with van der Waals surface area (Å²) in [5, 5.41) is 26.0. The van der Waals surface area contributed by atoms with E-state index < -0.39 is 60.2 Å². The van der Waals surface area contributed by atoms with Crippen LogP contribution in [0.3, 0.4) is 0 Å². The van der Waals surface area contributed by atoms with Gasteiger partial charge in [-0.2, -0.15) is 11.8 Å². The maximum absolute atomic E-state index is 13.1. The van der Waals surface area contributed by atoms with Gasteiger partial charge in [-0.15, -0.1) is 0 Å². The number of nitrogens with two attached hydrogens (primary N) is 3. The van der Waals surface area contributed by atoms with Crippen LogP contribution in [0.4, 0.5) is 0 Å². The Balaban J connectivity index is 3.03. The van der Waals surface area contributed by atoms with E-state index in [1.165, 1.54) is 11.8 Å². The fourth-order valence-electron chi connectivity index (χ4n) is 3.41. The molecule has 1 rings (SSSR count). The van der Waals surface area contributed by atoms with Gasteiger partial charge in [0.25, 0.3) is 0 Å². The number of carbonyl (C=O) groups is 5. The van der Waals surface area contributed by atoms with Gasteiger partial charge >= 0.3 is 11.9 Å². The van der Waals surface area contributed by atoms with Crippen LogP contribution < -0.4 is 33.2 Å². The minimum absolute atomic E-state index is 0.00861. The van der Waals surface area contributed by atoms with E-state index in [0.29, 0.717) is 17.7 Å². The highest BCUT2D eigenvalue weighted by atomic mass is 32.2. The molecule has 0 saturated heterocycles. The van der Waals surface area contributed by atoms with E-state index in [1.807, 2.05) is 0 Å². The number of nitrogens with one attached hydrogen (secondary N) is 3. The third-order valence-electron chi connectivity index (χ3n) is 5.46. The van der Waals surface area contributed by atoms with Crippen LogP contribution in [0.1, 0.15) is 31.2 Å². The Morgan fingerprint density at radius 3 is 2.05 bits per heavy atom. The summed E-state index contributed by atoms with van der Waals surface area (Å²) in [4.78, 5) is 65.6. The third-order valence-corrected chi connectivity index (χ3v) is 6.10. The first-order chi connectivity index (χ1) is 18.4. The molecule has 4 atom stereocenters. The molecule has 0 aliphatic carbocycles. The molecule has 0 heterocycles. The molecule has 0 radical (unpaired) electrons. The maximum atomic E-state index is 13.1. The van der Waals surface area contributed by atoms with Crippen molar-refractivity contribution in [2.45, 2.75) is 56.3 Å². The number of aliphatic carboxylic acids is 2. The number of carboxylic acids is 2. The van der Waals surface area contributed by atoms with Gasteiger partial charge < -0.3 is 43.4 Å². The summed E-state index contributed by atoms with van der Waals surface area (Å²) < 4.78 is 0. The van der Waals surface area contributed by atoms with Crippen molar-refractivity contribution in [1.82, 2.24) is 16.0 Å². The quantitative estimate of drug-likeness (QED) is 0.0568. The lowest BCUT2D eigenvalue weighted by molar-refractivity contribution is -0.143. The van der Waals surface area contributed by atoms with Crippen LogP contribution in [-0.2, 0) is 30.4 Å². The zero-order valence-corrected chi connectivity index (χ0v) is 22.5. The van der Waals surface area contributed by atoms with Crippen molar-refractivity contribution in [3.05, 3.63) is 35.9 Å². The average molecular weight is 568 g/mol. The Bertz CT molecular complexity index is 1010. The Labute approximate surface area is 230 Å². The predicted molar refractivity (Wildman–Crippen MR) is 147 cm³/mol. The SMILES string of the molecule is CSCCC(NC(=O)C(Cc1ccccc1)NC(=O)C(CC(=O)O)NC(=O)C(N)CCCN=C(N)N)C(=O)O. The van der Waals surface area contributed by atoms with Gasteiger partial charge in [0.15, 0.2) is 5.96 Å². The number of aliphatic imine (C=N–C) groups is 1. The molecular weight excluding hydrogens is 530 g/mol. The second-order valence-corrected chi connectivity index (χ2v) is 9.63. The lowest BCUT2D eigenvalue weighted by atomic mass is 10.0. The molecule has 0 aliphatic rings. The highest BCUT2D eigenvalue weighted by Crippen LogP contribution is 2.07. The number of amides is 3. The van der Waals surface area contributed by atoms with Crippen LogP contribution in [0.15, 0.2) is 35.3 Å². The van der Waals surface area contributed by atoms with Gasteiger partial charge in [-0.25, -0.2) is 4.79 Å². The van der Waals surface area contributed by atoms with E-state index in [2.05, 4.69) is 20.9 Å². The first-order valence-corrected chi connectivity index (χ1v) is 13.5. The molecule has 0 fully saturated rings. The predicted octanol–water partition coefficient (Wildman–Crippen LogP) is -1.62. The molecule has 1 aromatic rings. The van der Waals surface area contributed by atoms with E-state index in [1.54, 1.807) is 36.6 Å². The second kappa shape index (κ2) is 17.6. The van der Waals surface area contributed by atoms with Crippen LogP contribution in [0.5, 0.6) is 0 Å². The second-order valence-electron chi connectivity index (χ2n) is 8.65. The van der Waals surface area contributed by atoms with Crippen molar-refractivity contribution in [1.29, 1.82) is 0 Å². The Morgan fingerprint density at radius 1 is 0.897 bits per heavy atom. The standard InChI is InChI=1S/C24H37N7O7S/c1-39-11-9-16(23(37)38)29-21(35)17(12-14-6-3-2-4-7-14)31-22(36)18(13-19(32)33)30-20(34)15(25)8-5-10-28-24(26)27/h2-4,6-7,15-18H,5,8-13,25H2,1H3,(H,29,35)(H,30,34)(H,31,36)(H,32,33)(H,37,38)(H4,26,27,28). The molecule has 39 heavy (non-hydrogen) atoms. The fraction of sp³-hybridized carbons (Fsp3) is 0.500. The number of guanidine groups is 1. The van der Waals surface area contributed by atoms with E-state index >= 15 is 0 Å². The van der Waals surface area contributed by atoms with E-state index in [-0.39, 0.29) is 31.8 Å². The summed E-state index contributed by atoms with van der Waals surface area (Å²) in [6.07, 6.45) is 1.70. The van der Waals surface area contributed by atoms with Crippen molar-refractivity contribution in [3.8, 4) is 0 Å². The van der Waals surface area contributed by atoms with Gasteiger partial charge in [0, 0.05) is 13.0 Å². The maximum Gasteiger partial charge on any atom is 0.326 e. The van der Waals surface area contributed by atoms with Gasteiger partial charge in [-0.3, -0.25) is 24.2 Å². The van der Waals surface area contributed by atoms with Crippen molar-refractivity contribution in [2.75, 3.05) is 18.6 Å². The largest absolute Gasteiger partial charge is 0.481 e. The highest BCUT2D eigenvalue weighted by molar-refractivity contribution is 7.98. The number of carbonyl (C=O) groups excluding carboxylic acids is 3. The summed E-state index contributed by atoms with van der Waals surface area (Å²) in [5.74, 6) is -4.71. The lowest BCUT2D eigenvalue weighted by Crippen LogP contribution is -2.58. The zero-order chi connectivity index (χ0) is 29.4. The molecule has 1 aromatic carbocycles. The molecule has 11 N–H and O–H groups in total. The third kappa shape index (κ3) is 13.5. The van der Waals surface area contributed by atoms with Crippen LogP contribution in [-0.4, -0.2) is 88.6 Å². The Kier molecular flexibility index (Phi) is 15.0. The summed E-state index contributed by atoms with van der Waals surface area (Å²) >= 11 is 1.41. The van der Waals surface area contributed by atoms with E-state index in [0.717, 1.165) is 0 Å². The number of thioether (sulfide) groups is 1. The van der Waals surface area contributed by atoms with Crippen molar-refractivity contribution in [2.24, 2.45) is 22.2 Å². The summed E-state index contributed by atoms with van der Waals surface area (Å²) in [6.45, 7) is 0.229. The van der Waals surface area contributed by atoms with E-state index in [9.17, 15) is 34.2 Å². The minimum Gasteiger partial charge on any atom is -0.481 e. The number of hydrogen-bond acceptors (Lipinski definition) is 8. The monoisotopic (exact) mass is 567 g/mol. The molecule has 216 valence electrons. The number of carboxylic acid groups (broad SMARTS) is 2.